The highest BCUT2D eigenvalue weighted by Gasteiger charge is 2.25. The minimum absolute atomic E-state index is 0.102. The number of hydrogen-bond donors (Lipinski definition) is 2. The average Bonchev–Trinajstić information content (AvgIpc) is 2.51. The van der Waals surface area contributed by atoms with E-state index in [1.807, 2.05) is 0 Å². The van der Waals surface area contributed by atoms with E-state index in [0.717, 1.165) is 0 Å². The Kier molecular flexibility index (Phi) is 3.41. The van der Waals surface area contributed by atoms with Crippen LogP contribution < -0.4 is 0 Å². The van der Waals surface area contributed by atoms with Gasteiger partial charge in [0.2, 0.25) is 0 Å². The Hall–Kier alpha value is -1.43. The summed E-state index contributed by atoms with van der Waals surface area (Å²) in [6, 6.07) is 0. The van der Waals surface area contributed by atoms with Crippen LogP contribution in [-0.2, 0) is 9.47 Å². The maximum absolute atomic E-state index is 11.4. The largest absolute Gasteiger partial charge is 0.465 e. The number of hydrogen-bond acceptors (Lipinski definition) is 5. The molecular formula is C9H11NO4S. The molecule has 0 aromatic carbocycles. The molecule has 15 heavy (non-hydrogen) atoms. The molecule has 6 heteroatoms. The smallest absolute Gasteiger partial charge is 0.341 e. The van der Waals surface area contributed by atoms with Crippen molar-refractivity contribution in [3.8, 4) is 0 Å². The van der Waals surface area contributed by atoms with E-state index in [0.29, 0.717) is 10.7 Å². The summed E-state index contributed by atoms with van der Waals surface area (Å²) in [5.41, 5.74) is 0.784. The lowest BCUT2D eigenvalue weighted by atomic mass is 10.1. The number of aromatic nitrogens is 1. The van der Waals surface area contributed by atoms with Gasteiger partial charge in [-0.1, -0.05) is 0 Å². The number of carbonyl (C=O) groups excluding carboxylic acids is 2. The molecule has 0 bridgehead atoms. The van der Waals surface area contributed by atoms with Gasteiger partial charge < -0.3 is 14.5 Å². The molecule has 82 valence electrons. The zero-order valence-electron chi connectivity index (χ0n) is 8.58. The number of methoxy groups -OCH3 is 2. The van der Waals surface area contributed by atoms with Gasteiger partial charge in [0.15, 0.2) is 0 Å². The third-order valence-corrected chi connectivity index (χ3v) is 2.28. The zero-order valence-corrected chi connectivity index (χ0v) is 9.47. The minimum Gasteiger partial charge on any atom is -0.465 e. The summed E-state index contributed by atoms with van der Waals surface area (Å²) < 4.78 is 9.12. The Bertz CT molecular complexity index is 374. The highest BCUT2D eigenvalue weighted by Crippen LogP contribution is 2.23. The van der Waals surface area contributed by atoms with E-state index in [1.54, 1.807) is 6.92 Å². The van der Waals surface area contributed by atoms with Gasteiger partial charge in [0.25, 0.3) is 0 Å². The average molecular weight is 229 g/mol. The molecule has 0 aliphatic carbocycles. The predicted molar refractivity (Wildman–Crippen MR) is 55.5 cm³/mol. The molecule has 1 N–H and O–H groups in total. The summed E-state index contributed by atoms with van der Waals surface area (Å²) in [4.78, 5) is 25.6. The van der Waals surface area contributed by atoms with Gasteiger partial charge in [-0.25, -0.2) is 9.59 Å². The van der Waals surface area contributed by atoms with E-state index in [-0.39, 0.29) is 11.1 Å². The van der Waals surface area contributed by atoms with Crippen LogP contribution in [0, 0.1) is 6.92 Å². The fraction of sp³-hybridized carbons (Fsp3) is 0.333. The van der Waals surface area contributed by atoms with Gasteiger partial charge in [0.05, 0.1) is 24.8 Å². The number of rotatable bonds is 2. The molecule has 1 rings (SSSR count). The van der Waals surface area contributed by atoms with Crippen molar-refractivity contribution >= 4 is 24.6 Å². The van der Waals surface area contributed by atoms with Gasteiger partial charge in [-0.15, -0.1) is 12.6 Å². The second kappa shape index (κ2) is 4.39. The van der Waals surface area contributed by atoms with Crippen molar-refractivity contribution in [1.29, 1.82) is 0 Å². The number of ether oxygens (including phenoxy) is 2. The minimum atomic E-state index is -0.621. The Morgan fingerprint density at radius 1 is 1.13 bits per heavy atom. The molecule has 0 spiro atoms. The second-order valence-electron chi connectivity index (χ2n) is 2.83. The van der Waals surface area contributed by atoms with Gasteiger partial charge in [-0.2, -0.15) is 0 Å². The van der Waals surface area contributed by atoms with Crippen LogP contribution in [-0.4, -0.2) is 31.1 Å². The van der Waals surface area contributed by atoms with Crippen molar-refractivity contribution < 1.29 is 19.1 Å². The molecule has 0 radical (unpaired) electrons. The summed E-state index contributed by atoms with van der Waals surface area (Å²) in [5.74, 6) is -1.21. The molecule has 1 aromatic heterocycles. The van der Waals surface area contributed by atoms with E-state index >= 15 is 0 Å². The molecule has 1 heterocycles. The van der Waals surface area contributed by atoms with Crippen LogP contribution in [0.3, 0.4) is 0 Å². The molecular weight excluding hydrogens is 218 g/mol. The number of aryl methyl sites for hydroxylation is 1. The Balaban J connectivity index is 3.35. The van der Waals surface area contributed by atoms with Crippen molar-refractivity contribution in [2.75, 3.05) is 14.2 Å². The second-order valence-corrected chi connectivity index (χ2v) is 3.28. The van der Waals surface area contributed by atoms with E-state index in [1.165, 1.54) is 14.2 Å². The first-order valence-corrected chi connectivity index (χ1v) is 4.55. The number of aromatic amines is 1. The first kappa shape index (κ1) is 11.6. The fourth-order valence-corrected chi connectivity index (χ4v) is 1.64. The van der Waals surface area contributed by atoms with Gasteiger partial charge in [0, 0.05) is 5.69 Å². The highest BCUT2D eigenvalue weighted by molar-refractivity contribution is 7.80. The molecule has 0 saturated carbocycles. The first-order valence-electron chi connectivity index (χ1n) is 4.11. The van der Waals surface area contributed by atoms with Gasteiger partial charge in [-0.05, 0) is 6.92 Å². The summed E-state index contributed by atoms with van der Waals surface area (Å²) >= 11 is 4.05. The number of esters is 2. The van der Waals surface area contributed by atoms with Crippen molar-refractivity contribution in [3.05, 3.63) is 16.8 Å². The van der Waals surface area contributed by atoms with Gasteiger partial charge >= 0.3 is 11.9 Å². The van der Waals surface area contributed by atoms with E-state index < -0.39 is 11.9 Å². The van der Waals surface area contributed by atoms with Crippen LogP contribution in [0.1, 0.15) is 26.4 Å². The topological polar surface area (TPSA) is 68.4 Å². The molecule has 0 saturated heterocycles. The summed E-state index contributed by atoms with van der Waals surface area (Å²) in [6.45, 7) is 1.65. The third-order valence-electron chi connectivity index (χ3n) is 1.95. The van der Waals surface area contributed by atoms with E-state index in [9.17, 15) is 9.59 Å². The lowest BCUT2D eigenvalue weighted by molar-refractivity contribution is 0.0553. The molecule has 0 fully saturated rings. The third kappa shape index (κ3) is 1.99. The normalized spacial score (nSPS) is 9.87. The van der Waals surface area contributed by atoms with Crippen molar-refractivity contribution in [2.24, 2.45) is 0 Å². The van der Waals surface area contributed by atoms with Crippen molar-refractivity contribution in [1.82, 2.24) is 4.98 Å². The molecule has 0 atom stereocenters. The maximum Gasteiger partial charge on any atom is 0.341 e. The van der Waals surface area contributed by atoms with Crippen LogP contribution in [0.15, 0.2) is 5.03 Å². The van der Waals surface area contributed by atoms with E-state index in [2.05, 4.69) is 27.1 Å². The maximum atomic E-state index is 11.4. The van der Waals surface area contributed by atoms with Crippen molar-refractivity contribution in [3.63, 3.8) is 0 Å². The summed E-state index contributed by atoms with van der Waals surface area (Å²) in [6.07, 6.45) is 0. The highest BCUT2D eigenvalue weighted by atomic mass is 32.1. The predicted octanol–water partition coefficient (Wildman–Crippen LogP) is 1.19. The Morgan fingerprint density at radius 3 is 2.07 bits per heavy atom. The SMILES string of the molecule is COC(=O)c1c(C)[nH]c(S)c1C(=O)OC. The standard InChI is InChI=1S/C9H11NO4S/c1-4-5(8(11)13-2)6(7(15)10-4)9(12)14-3/h10,15H,1-3H3. The number of carbonyl (C=O) groups is 2. The lowest BCUT2D eigenvalue weighted by Crippen LogP contribution is -2.10. The molecule has 0 aliphatic heterocycles. The lowest BCUT2D eigenvalue weighted by Gasteiger charge is -2.02. The quantitative estimate of drug-likeness (QED) is 0.590. The fourth-order valence-electron chi connectivity index (χ4n) is 1.27. The molecule has 0 amide bonds. The molecule has 5 nitrogen and oxygen atoms in total. The van der Waals surface area contributed by atoms with Crippen LogP contribution >= 0.6 is 12.6 Å². The molecule has 1 aromatic rings. The van der Waals surface area contributed by atoms with Crippen molar-refractivity contribution in [2.45, 2.75) is 11.9 Å². The van der Waals surface area contributed by atoms with Crippen LogP contribution in [0.2, 0.25) is 0 Å². The first-order chi connectivity index (χ1) is 7.02. The monoisotopic (exact) mass is 229 g/mol. The summed E-state index contributed by atoms with van der Waals surface area (Å²) in [5, 5.41) is 0.291. The number of H-pyrrole nitrogens is 1. The van der Waals surface area contributed by atoms with Gasteiger partial charge in [0.1, 0.15) is 5.56 Å². The summed E-state index contributed by atoms with van der Waals surface area (Å²) in [7, 11) is 2.48. The molecule has 0 unspecified atom stereocenters. The Morgan fingerprint density at radius 2 is 1.60 bits per heavy atom. The van der Waals surface area contributed by atoms with Crippen LogP contribution in [0.25, 0.3) is 0 Å². The zero-order chi connectivity index (χ0) is 11.6. The van der Waals surface area contributed by atoms with E-state index in [4.69, 9.17) is 0 Å². The number of thiol groups is 1. The van der Waals surface area contributed by atoms with Gasteiger partial charge in [-0.3, -0.25) is 0 Å². The molecule has 0 aliphatic rings. The Labute approximate surface area is 92.2 Å². The van der Waals surface area contributed by atoms with Crippen LogP contribution in [0.5, 0.6) is 0 Å². The van der Waals surface area contributed by atoms with Crippen LogP contribution in [0.4, 0.5) is 0 Å². The number of nitrogens with one attached hydrogen (secondary N) is 1.